The lowest BCUT2D eigenvalue weighted by Gasteiger charge is -2.11. The molecule has 2 N–H and O–H groups in total. The Bertz CT molecular complexity index is 366. The molecule has 0 saturated carbocycles. The van der Waals surface area contributed by atoms with Crippen LogP contribution in [0.1, 0.15) is 5.56 Å². The quantitative estimate of drug-likeness (QED) is 0.492. The number of ether oxygens (including phenoxy) is 1. The minimum atomic E-state index is -4.84. The van der Waals surface area contributed by atoms with Crippen LogP contribution in [0, 0.1) is 5.82 Å². The van der Waals surface area contributed by atoms with Crippen LogP contribution < -0.4 is 10.5 Å². The Morgan fingerprint density at radius 2 is 1.93 bits per heavy atom. The van der Waals surface area contributed by atoms with Crippen LogP contribution in [0.4, 0.5) is 23.2 Å². The van der Waals surface area contributed by atoms with E-state index in [1.165, 1.54) is 0 Å². The fourth-order valence-electron chi connectivity index (χ4n) is 0.969. The molecule has 0 aromatic heterocycles. The van der Waals surface area contributed by atoms with E-state index in [4.69, 9.17) is 17.3 Å². The smallest absolute Gasteiger partial charge is 0.406 e. The summed E-state index contributed by atoms with van der Waals surface area (Å²) in [4.78, 5) is 0. The molecule has 0 radical (unpaired) electrons. The van der Waals surface area contributed by atoms with Crippen LogP contribution in [0.15, 0.2) is 12.1 Å². The fraction of sp³-hybridized carbons (Fsp3) is 0.250. The number of nitrogens with two attached hydrogens (primary N) is 1. The summed E-state index contributed by atoms with van der Waals surface area (Å²) in [5.41, 5.74) is 4.55. The molecule has 7 heteroatoms. The summed E-state index contributed by atoms with van der Waals surface area (Å²) >= 11 is 5.32. The van der Waals surface area contributed by atoms with E-state index < -0.39 is 23.6 Å². The Morgan fingerprint density at radius 1 is 1.33 bits per heavy atom. The van der Waals surface area contributed by atoms with E-state index in [9.17, 15) is 17.6 Å². The molecule has 0 atom stereocenters. The first-order valence-corrected chi connectivity index (χ1v) is 4.26. The van der Waals surface area contributed by atoms with Crippen molar-refractivity contribution in [1.82, 2.24) is 0 Å². The van der Waals surface area contributed by atoms with Gasteiger partial charge in [-0.05, 0) is 6.07 Å². The van der Waals surface area contributed by atoms with Gasteiger partial charge in [-0.2, -0.15) is 0 Å². The largest absolute Gasteiger partial charge is 0.573 e. The lowest BCUT2D eigenvalue weighted by atomic mass is 10.2. The van der Waals surface area contributed by atoms with Gasteiger partial charge >= 0.3 is 6.36 Å². The Kier molecular flexibility index (Phi) is 3.28. The standard InChI is InChI=1S/C8H6ClF4NO/c9-3-4-1-5(15-8(11,12)13)2-6(14)7(4)10/h1-2H,3,14H2. The van der Waals surface area contributed by atoms with E-state index in [1.54, 1.807) is 0 Å². The van der Waals surface area contributed by atoms with E-state index in [0.717, 1.165) is 12.1 Å². The van der Waals surface area contributed by atoms with Crippen LogP contribution in [0.5, 0.6) is 5.75 Å². The molecule has 2 nitrogen and oxygen atoms in total. The minimum Gasteiger partial charge on any atom is -0.406 e. The van der Waals surface area contributed by atoms with Gasteiger partial charge < -0.3 is 10.5 Å². The minimum absolute atomic E-state index is 0.143. The SMILES string of the molecule is Nc1cc(OC(F)(F)F)cc(CCl)c1F. The Hall–Kier alpha value is -1.17. The molecular formula is C8H6ClF4NO. The summed E-state index contributed by atoms with van der Waals surface area (Å²) in [6, 6.07) is 1.60. The van der Waals surface area contributed by atoms with Gasteiger partial charge in [0, 0.05) is 11.6 Å². The Balaban J connectivity index is 3.06. The highest BCUT2D eigenvalue weighted by atomic mass is 35.5. The van der Waals surface area contributed by atoms with Crippen molar-refractivity contribution >= 4 is 17.3 Å². The first-order chi connectivity index (χ1) is 6.83. The molecule has 0 heterocycles. The first kappa shape index (κ1) is 11.9. The molecule has 1 aromatic rings. The normalized spacial score (nSPS) is 11.5. The van der Waals surface area contributed by atoms with Crippen molar-refractivity contribution < 1.29 is 22.3 Å². The van der Waals surface area contributed by atoms with Crippen molar-refractivity contribution in [2.24, 2.45) is 0 Å². The molecule has 0 spiro atoms. The van der Waals surface area contributed by atoms with Crippen molar-refractivity contribution in [2.75, 3.05) is 5.73 Å². The molecular weight excluding hydrogens is 238 g/mol. The summed E-state index contributed by atoms with van der Waals surface area (Å²) in [5, 5.41) is 0. The lowest BCUT2D eigenvalue weighted by Crippen LogP contribution is -2.17. The van der Waals surface area contributed by atoms with Crippen LogP contribution in [-0.2, 0) is 5.88 Å². The highest BCUT2D eigenvalue weighted by Gasteiger charge is 2.31. The zero-order chi connectivity index (χ0) is 11.6. The molecule has 0 saturated heterocycles. The van der Waals surface area contributed by atoms with Crippen LogP contribution in [0.3, 0.4) is 0 Å². The second kappa shape index (κ2) is 4.14. The van der Waals surface area contributed by atoms with Gasteiger partial charge in [0.1, 0.15) is 5.75 Å². The molecule has 0 aliphatic rings. The Labute approximate surface area is 87.6 Å². The average molecular weight is 244 g/mol. The van der Waals surface area contributed by atoms with E-state index in [2.05, 4.69) is 4.74 Å². The van der Waals surface area contributed by atoms with Crippen LogP contribution in [0.2, 0.25) is 0 Å². The van der Waals surface area contributed by atoms with Crippen LogP contribution >= 0.6 is 11.6 Å². The average Bonchev–Trinajstić information content (AvgIpc) is 2.08. The van der Waals surface area contributed by atoms with E-state index >= 15 is 0 Å². The van der Waals surface area contributed by atoms with Gasteiger partial charge in [0.25, 0.3) is 0 Å². The third-order valence-electron chi connectivity index (χ3n) is 1.53. The molecule has 0 fully saturated rings. The predicted octanol–water partition coefficient (Wildman–Crippen LogP) is 3.05. The van der Waals surface area contributed by atoms with Gasteiger partial charge in [-0.3, -0.25) is 0 Å². The summed E-state index contributed by atoms with van der Waals surface area (Å²) in [5.74, 6) is -1.71. The molecule has 84 valence electrons. The lowest BCUT2D eigenvalue weighted by molar-refractivity contribution is -0.274. The maximum Gasteiger partial charge on any atom is 0.573 e. The first-order valence-electron chi connectivity index (χ1n) is 3.73. The molecule has 0 aliphatic carbocycles. The van der Waals surface area contributed by atoms with E-state index in [1.807, 2.05) is 0 Å². The number of benzene rings is 1. The third-order valence-corrected chi connectivity index (χ3v) is 1.82. The summed E-state index contributed by atoms with van der Waals surface area (Å²) < 4.78 is 52.1. The third kappa shape index (κ3) is 3.16. The zero-order valence-electron chi connectivity index (χ0n) is 7.24. The van der Waals surface area contributed by atoms with Gasteiger partial charge in [-0.15, -0.1) is 24.8 Å². The molecule has 1 rings (SSSR count). The van der Waals surface area contributed by atoms with E-state index in [0.29, 0.717) is 0 Å². The number of rotatable bonds is 2. The number of hydrogen-bond acceptors (Lipinski definition) is 2. The van der Waals surface area contributed by atoms with Gasteiger partial charge in [0.15, 0.2) is 5.82 Å². The summed E-state index contributed by atoms with van der Waals surface area (Å²) in [7, 11) is 0. The maximum absolute atomic E-state index is 13.1. The van der Waals surface area contributed by atoms with Gasteiger partial charge in [0.05, 0.1) is 11.6 Å². The fourth-order valence-corrected chi connectivity index (χ4v) is 1.16. The highest BCUT2D eigenvalue weighted by Crippen LogP contribution is 2.28. The molecule has 15 heavy (non-hydrogen) atoms. The number of nitrogen functional groups attached to an aromatic ring is 1. The van der Waals surface area contributed by atoms with Gasteiger partial charge in [-0.1, -0.05) is 0 Å². The van der Waals surface area contributed by atoms with Gasteiger partial charge in [0.2, 0.25) is 0 Å². The molecule has 0 amide bonds. The number of alkyl halides is 4. The zero-order valence-corrected chi connectivity index (χ0v) is 7.99. The van der Waals surface area contributed by atoms with Crippen LogP contribution in [0.25, 0.3) is 0 Å². The second-order valence-corrected chi connectivity index (χ2v) is 2.93. The topological polar surface area (TPSA) is 35.2 Å². The molecule has 1 aromatic carbocycles. The van der Waals surface area contributed by atoms with Crippen molar-refractivity contribution in [3.8, 4) is 5.75 Å². The van der Waals surface area contributed by atoms with Crippen molar-refractivity contribution in [3.05, 3.63) is 23.5 Å². The number of hydrogen-bond donors (Lipinski definition) is 1. The summed E-state index contributed by atoms with van der Waals surface area (Å²) in [6.07, 6.45) is -4.84. The molecule has 0 aliphatic heterocycles. The maximum atomic E-state index is 13.1. The Morgan fingerprint density at radius 3 is 2.40 bits per heavy atom. The number of halogens is 5. The van der Waals surface area contributed by atoms with Gasteiger partial charge in [-0.25, -0.2) is 4.39 Å². The van der Waals surface area contributed by atoms with E-state index in [-0.39, 0.29) is 11.4 Å². The van der Waals surface area contributed by atoms with Crippen molar-refractivity contribution in [1.29, 1.82) is 0 Å². The highest BCUT2D eigenvalue weighted by molar-refractivity contribution is 6.17. The second-order valence-electron chi connectivity index (χ2n) is 2.67. The predicted molar refractivity (Wildman–Crippen MR) is 47.1 cm³/mol. The van der Waals surface area contributed by atoms with Crippen molar-refractivity contribution in [2.45, 2.75) is 12.2 Å². The molecule has 0 bridgehead atoms. The van der Waals surface area contributed by atoms with Crippen molar-refractivity contribution in [3.63, 3.8) is 0 Å². The monoisotopic (exact) mass is 243 g/mol. The molecule has 0 unspecified atom stereocenters. The summed E-state index contributed by atoms with van der Waals surface area (Å²) in [6.45, 7) is 0. The van der Waals surface area contributed by atoms with Crippen LogP contribution in [-0.4, -0.2) is 6.36 Å². The number of anilines is 1.